The summed E-state index contributed by atoms with van der Waals surface area (Å²) in [4.78, 5) is 0. The second-order valence-electron chi connectivity index (χ2n) is 5.18. The van der Waals surface area contributed by atoms with Gasteiger partial charge >= 0.3 is 0 Å². The molecule has 0 spiro atoms. The molecule has 0 aliphatic rings. The zero-order chi connectivity index (χ0) is 14.1. The first kappa shape index (κ1) is 16.1. The number of ether oxygens (including phenoxy) is 1. The summed E-state index contributed by atoms with van der Waals surface area (Å²) in [6, 6.07) is 6.88. The van der Waals surface area contributed by atoms with Crippen molar-refractivity contribution in [3.63, 3.8) is 0 Å². The zero-order valence-corrected chi connectivity index (χ0v) is 12.3. The van der Waals surface area contributed by atoms with E-state index in [1.807, 2.05) is 12.1 Å². The SMILES string of the molecule is CCC(CC)(CNCCOC)Cc1ccc(F)cc1. The van der Waals surface area contributed by atoms with Gasteiger partial charge in [0.15, 0.2) is 0 Å². The second-order valence-corrected chi connectivity index (χ2v) is 5.18. The van der Waals surface area contributed by atoms with Crippen molar-refractivity contribution in [1.82, 2.24) is 5.32 Å². The van der Waals surface area contributed by atoms with Gasteiger partial charge in [-0.1, -0.05) is 26.0 Å². The Bertz CT molecular complexity index is 346. The fourth-order valence-corrected chi connectivity index (χ4v) is 2.38. The normalized spacial score (nSPS) is 11.8. The number of nitrogens with one attached hydrogen (secondary N) is 1. The molecule has 1 rings (SSSR count). The van der Waals surface area contributed by atoms with Gasteiger partial charge in [0.2, 0.25) is 0 Å². The van der Waals surface area contributed by atoms with E-state index in [0.29, 0.717) is 0 Å². The van der Waals surface area contributed by atoms with Crippen molar-refractivity contribution >= 4 is 0 Å². The first-order valence-corrected chi connectivity index (χ1v) is 7.10. The monoisotopic (exact) mass is 267 g/mol. The molecule has 3 heteroatoms. The van der Waals surface area contributed by atoms with Crippen LogP contribution in [0, 0.1) is 11.2 Å². The third kappa shape index (κ3) is 5.29. The molecule has 1 N–H and O–H groups in total. The Labute approximate surface area is 116 Å². The fraction of sp³-hybridized carbons (Fsp3) is 0.625. The molecule has 0 bridgehead atoms. The number of halogens is 1. The molecule has 19 heavy (non-hydrogen) atoms. The van der Waals surface area contributed by atoms with Crippen molar-refractivity contribution in [2.45, 2.75) is 33.1 Å². The molecule has 0 amide bonds. The summed E-state index contributed by atoms with van der Waals surface area (Å²) >= 11 is 0. The molecule has 0 saturated carbocycles. The Morgan fingerprint density at radius 2 is 1.79 bits per heavy atom. The van der Waals surface area contributed by atoms with Crippen LogP contribution in [-0.4, -0.2) is 26.8 Å². The lowest BCUT2D eigenvalue weighted by molar-refractivity contribution is 0.185. The molecular formula is C16H26FNO. The van der Waals surface area contributed by atoms with Crippen LogP contribution < -0.4 is 5.32 Å². The van der Waals surface area contributed by atoms with E-state index < -0.39 is 0 Å². The van der Waals surface area contributed by atoms with Gasteiger partial charge in [0.1, 0.15) is 5.82 Å². The van der Waals surface area contributed by atoms with Crippen LogP contribution in [0.15, 0.2) is 24.3 Å². The molecule has 0 fully saturated rings. The Kier molecular flexibility index (Phi) is 7.03. The van der Waals surface area contributed by atoms with E-state index in [9.17, 15) is 4.39 Å². The maximum absolute atomic E-state index is 12.9. The van der Waals surface area contributed by atoms with E-state index in [2.05, 4.69) is 19.2 Å². The highest BCUT2D eigenvalue weighted by Gasteiger charge is 2.25. The molecule has 0 atom stereocenters. The number of methoxy groups -OCH3 is 1. The zero-order valence-electron chi connectivity index (χ0n) is 12.3. The Hall–Kier alpha value is -0.930. The summed E-state index contributed by atoms with van der Waals surface area (Å²) in [7, 11) is 1.72. The van der Waals surface area contributed by atoms with Gasteiger partial charge in [0, 0.05) is 20.2 Å². The lowest BCUT2D eigenvalue weighted by Crippen LogP contribution is -2.36. The quantitative estimate of drug-likeness (QED) is 0.692. The van der Waals surface area contributed by atoms with Crippen LogP contribution in [-0.2, 0) is 11.2 Å². The van der Waals surface area contributed by atoms with Gasteiger partial charge in [-0.2, -0.15) is 0 Å². The highest BCUT2D eigenvalue weighted by molar-refractivity contribution is 5.18. The van der Waals surface area contributed by atoms with E-state index >= 15 is 0 Å². The third-order valence-electron chi connectivity index (χ3n) is 3.98. The molecule has 0 aliphatic carbocycles. The molecule has 0 aromatic heterocycles. The fourth-order valence-electron chi connectivity index (χ4n) is 2.38. The van der Waals surface area contributed by atoms with Gasteiger partial charge in [0.05, 0.1) is 6.61 Å². The van der Waals surface area contributed by atoms with Crippen LogP contribution in [0.5, 0.6) is 0 Å². The van der Waals surface area contributed by atoms with Gasteiger partial charge in [0.25, 0.3) is 0 Å². The Balaban J connectivity index is 2.61. The second kappa shape index (κ2) is 8.28. The summed E-state index contributed by atoms with van der Waals surface area (Å²) in [6.07, 6.45) is 3.21. The lowest BCUT2D eigenvalue weighted by Gasteiger charge is -2.32. The minimum atomic E-state index is -0.166. The summed E-state index contributed by atoms with van der Waals surface area (Å²) < 4.78 is 18.0. The summed E-state index contributed by atoms with van der Waals surface area (Å²) in [6.45, 7) is 7.04. The van der Waals surface area contributed by atoms with Crippen LogP contribution in [0.1, 0.15) is 32.3 Å². The van der Waals surface area contributed by atoms with Crippen LogP contribution in [0.2, 0.25) is 0 Å². The number of benzene rings is 1. The van der Waals surface area contributed by atoms with E-state index in [1.54, 1.807) is 19.2 Å². The van der Waals surface area contributed by atoms with Crippen molar-refractivity contribution in [3.05, 3.63) is 35.6 Å². The van der Waals surface area contributed by atoms with Gasteiger partial charge in [-0.15, -0.1) is 0 Å². The average Bonchev–Trinajstić information content (AvgIpc) is 2.45. The summed E-state index contributed by atoms with van der Waals surface area (Å²) in [5, 5.41) is 3.46. The Morgan fingerprint density at radius 1 is 1.16 bits per heavy atom. The summed E-state index contributed by atoms with van der Waals surface area (Å²) in [5.74, 6) is -0.166. The predicted octanol–water partition coefficient (Wildman–Crippen LogP) is 3.41. The van der Waals surface area contributed by atoms with E-state index in [-0.39, 0.29) is 11.2 Å². The van der Waals surface area contributed by atoms with Gasteiger partial charge < -0.3 is 10.1 Å². The number of rotatable bonds is 9. The van der Waals surface area contributed by atoms with E-state index in [1.165, 1.54) is 5.56 Å². The van der Waals surface area contributed by atoms with Crippen molar-refractivity contribution in [1.29, 1.82) is 0 Å². The molecule has 2 nitrogen and oxygen atoms in total. The highest BCUT2D eigenvalue weighted by Crippen LogP contribution is 2.30. The molecule has 108 valence electrons. The molecule has 1 aromatic carbocycles. The number of hydrogen-bond donors (Lipinski definition) is 1. The van der Waals surface area contributed by atoms with E-state index in [4.69, 9.17) is 4.74 Å². The molecule has 0 radical (unpaired) electrons. The Morgan fingerprint density at radius 3 is 2.32 bits per heavy atom. The molecule has 0 saturated heterocycles. The smallest absolute Gasteiger partial charge is 0.123 e. The van der Waals surface area contributed by atoms with Crippen LogP contribution >= 0.6 is 0 Å². The van der Waals surface area contributed by atoms with Gasteiger partial charge in [-0.25, -0.2) is 4.39 Å². The van der Waals surface area contributed by atoms with Crippen LogP contribution in [0.4, 0.5) is 4.39 Å². The first-order valence-electron chi connectivity index (χ1n) is 7.10. The minimum absolute atomic E-state index is 0.166. The molecular weight excluding hydrogens is 241 g/mol. The lowest BCUT2D eigenvalue weighted by atomic mass is 9.77. The molecule has 1 aromatic rings. The molecule has 0 unspecified atom stereocenters. The summed E-state index contributed by atoms with van der Waals surface area (Å²) in [5.41, 5.74) is 1.45. The van der Waals surface area contributed by atoms with Crippen molar-refractivity contribution < 1.29 is 9.13 Å². The molecule has 0 heterocycles. The maximum Gasteiger partial charge on any atom is 0.123 e. The first-order chi connectivity index (χ1) is 9.15. The van der Waals surface area contributed by atoms with E-state index in [0.717, 1.165) is 39.0 Å². The van der Waals surface area contributed by atoms with Crippen LogP contribution in [0.3, 0.4) is 0 Å². The third-order valence-corrected chi connectivity index (χ3v) is 3.98. The van der Waals surface area contributed by atoms with Gasteiger partial charge in [-0.05, 0) is 42.4 Å². The predicted molar refractivity (Wildman–Crippen MR) is 77.9 cm³/mol. The minimum Gasteiger partial charge on any atom is -0.383 e. The maximum atomic E-state index is 12.9. The van der Waals surface area contributed by atoms with Gasteiger partial charge in [-0.3, -0.25) is 0 Å². The highest BCUT2D eigenvalue weighted by atomic mass is 19.1. The van der Waals surface area contributed by atoms with Crippen molar-refractivity contribution in [2.24, 2.45) is 5.41 Å². The standard InChI is InChI=1S/C16H26FNO/c1-4-16(5-2,13-18-10-11-19-3)12-14-6-8-15(17)9-7-14/h6-9,18H,4-5,10-13H2,1-3H3. The topological polar surface area (TPSA) is 21.3 Å². The number of hydrogen-bond acceptors (Lipinski definition) is 2. The van der Waals surface area contributed by atoms with Crippen molar-refractivity contribution in [2.75, 3.05) is 26.8 Å². The van der Waals surface area contributed by atoms with Crippen molar-refractivity contribution in [3.8, 4) is 0 Å². The largest absolute Gasteiger partial charge is 0.383 e. The average molecular weight is 267 g/mol. The van der Waals surface area contributed by atoms with Crippen LogP contribution in [0.25, 0.3) is 0 Å². The molecule has 0 aliphatic heterocycles.